The maximum absolute atomic E-state index is 6.31. The van der Waals surface area contributed by atoms with Crippen LogP contribution in [-0.4, -0.2) is 43.3 Å². The van der Waals surface area contributed by atoms with Crippen LogP contribution in [0, 0.1) is 11.8 Å². The number of rotatable bonds is 1. The fourth-order valence-corrected chi connectivity index (χ4v) is 3.40. The summed E-state index contributed by atoms with van der Waals surface area (Å²) in [4.78, 5) is 2.55. The number of morpholine rings is 1. The third kappa shape index (κ3) is 2.52. The van der Waals surface area contributed by atoms with Crippen LogP contribution in [0.1, 0.15) is 26.7 Å². The maximum Gasteiger partial charge on any atom is 0.0594 e. The molecule has 2 rings (SSSR count). The molecule has 0 aromatic heterocycles. The molecule has 3 nitrogen and oxygen atoms in total. The predicted molar refractivity (Wildman–Crippen MR) is 61.7 cm³/mol. The molecule has 0 amide bonds. The van der Waals surface area contributed by atoms with Gasteiger partial charge in [0.1, 0.15) is 0 Å². The van der Waals surface area contributed by atoms with Gasteiger partial charge in [-0.2, -0.15) is 0 Å². The first-order valence-corrected chi connectivity index (χ1v) is 6.26. The largest absolute Gasteiger partial charge is 0.379 e. The van der Waals surface area contributed by atoms with Crippen molar-refractivity contribution in [2.45, 2.75) is 38.8 Å². The van der Waals surface area contributed by atoms with E-state index in [9.17, 15) is 0 Å². The van der Waals surface area contributed by atoms with Gasteiger partial charge in [-0.05, 0) is 24.7 Å². The molecule has 0 aromatic carbocycles. The Morgan fingerprint density at radius 3 is 2.40 bits per heavy atom. The minimum absolute atomic E-state index is 0.363. The molecule has 0 radical (unpaired) electrons. The Bertz CT molecular complexity index is 192. The minimum atomic E-state index is 0.363. The Hall–Kier alpha value is -0.120. The SMILES string of the molecule is CC1CC(C)C(N2CCOCC2)C(N)C1. The second-order valence-corrected chi connectivity index (χ2v) is 5.36. The van der Waals surface area contributed by atoms with Gasteiger partial charge in [0.05, 0.1) is 13.2 Å². The van der Waals surface area contributed by atoms with Crippen molar-refractivity contribution >= 4 is 0 Å². The third-order valence-electron chi connectivity index (χ3n) is 3.94. The molecular formula is C12H24N2O. The summed E-state index contributed by atoms with van der Waals surface area (Å²) in [6, 6.07) is 0.951. The van der Waals surface area contributed by atoms with Crippen molar-refractivity contribution in [3.05, 3.63) is 0 Å². The summed E-state index contributed by atoms with van der Waals surface area (Å²) in [7, 11) is 0. The van der Waals surface area contributed by atoms with Gasteiger partial charge in [-0.3, -0.25) is 4.90 Å². The van der Waals surface area contributed by atoms with Crippen molar-refractivity contribution < 1.29 is 4.74 Å². The van der Waals surface area contributed by atoms with E-state index in [1.165, 1.54) is 12.8 Å². The summed E-state index contributed by atoms with van der Waals surface area (Å²) in [6.45, 7) is 8.58. The molecule has 0 aromatic rings. The minimum Gasteiger partial charge on any atom is -0.379 e. The highest BCUT2D eigenvalue weighted by molar-refractivity contribution is 4.92. The zero-order chi connectivity index (χ0) is 10.8. The van der Waals surface area contributed by atoms with Gasteiger partial charge in [0.15, 0.2) is 0 Å². The Kier molecular flexibility index (Phi) is 3.65. The van der Waals surface area contributed by atoms with Crippen LogP contribution < -0.4 is 5.73 Å². The van der Waals surface area contributed by atoms with Crippen LogP contribution in [0.5, 0.6) is 0 Å². The highest BCUT2D eigenvalue weighted by atomic mass is 16.5. The van der Waals surface area contributed by atoms with Crippen LogP contribution >= 0.6 is 0 Å². The average Bonchev–Trinajstić information content (AvgIpc) is 2.17. The van der Waals surface area contributed by atoms with E-state index in [2.05, 4.69) is 18.7 Å². The van der Waals surface area contributed by atoms with E-state index in [1.54, 1.807) is 0 Å². The molecule has 2 N–H and O–H groups in total. The van der Waals surface area contributed by atoms with Crippen molar-refractivity contribution in [3.8, 4) is 0 Å². The normalized spacial score (nSPS) is 44.2. The zero-order valence-electron chi connectivity index (χ0n) is 9.98. The Morgan fingerprint density at radius 2 is 1.80 bits per heavy atom. The van der Waals surface area contributed by atoms with E-state index in [1.807, 2.05) is 0 Å². The lowest BCUT2D eigenvalue weighted by Crippen LogP contribution is -2.57. The van der Waals surface area contributed by atoms with Crippen LogP contribution in [0.25, 0.3) is 0 Å². The van der Waals surface area contributed by atoms with Gasteiger partial charge in [-0.25, -0.2) is 0 Å². The Morgan fingerprint density at radius 1 is 1.13 bits per heavy atom. The van der Waals surface area contributed by atoms with Gasteiger partial charge in [-0.15, -0.1) is 0 Å². The molecule has 4 atom stereocenters. The van der Waals surface area contributed by atoms with Crippen molar-refractivity contribution in [2.24, 2.45) is 17.6 Å². The van der Waals surface area contributed by atoms with Crippen molar-refractivity contribution in [3.63, 3.8) is 0 Å². The van der Waals surface area contributed by atoms with E-state index in [4.69, 9.17) is 10.5 Å². The molecule has 1 saturated heterocycles. The molecule has 1 aliphatic carbocycles. The summed E-state index contributed by atoms with van der Waals surface area (Å²) < 4.78 is 5.40. The van der Waals surface area contributed by atoms with Gasteiger partial charge in [0.2, 0.25) is 0 Å². The summed E-state index contributed by atoms with van der Waals surface area (Å²) in [5, 5.41) is 0. The second kappa shape index (κ2) is 4.81. The first-order valence-electron chi connectivity index (χ1n) is 6.26. The molecular weight excluding hydrogens is 188 g/mol. The third-order valence-corrected chi connectivity index (χ3v) is 3.94. The second-order valence-electron chi connectivity index (χ2n) is 5.36. The van der Waals surface area contributed by atoms with Crippen molar-refractivity contribution in [1.82, 2.24) is 4.90 Å². The highest BCUT2D eigenvalue weighted by Gasteiger charge is 2.36. The molecule has 1 heterocycles. The molecule has 0 spiro atoms. The molecule has 15 heavy (non-hydrogen) atoms. The van der Waals surface area contributed by atoms with Crippen LogP contribution in [-0.2, 0) is 4.74 Å². The van der Waals surface area contributed by atoms with Crippen LogP contribution in [0.3, 0.4) is 0 Å². The molecule has 0 bridgehead atoms. The summed E-state index contributed by atoms with van der Waals surface area (Å²) in [5.74, 6) is 1.54. The zero-order valence-corrected chi connectivity index (χ0v) is 9.98. The Labute approximate surface area is 93.0 Å². The molecule has 2 aliphatic rings. The summed E-state index contributed by atoms with van der Waals surface area (Å²) >= 11 is 0. The summed E-state index contributed by atoms with van der Waals surface area (Å²) in [5.41, 5.74) is 6.31. The van der Waals surface area contributed by atoms with Gasteiger partial charge >= 0.3 is 0 Å². The van der Waals surface area contributed by atoms with E-state index in [-0.39, 0.29) is 0 Å². The highest BCUT2D eigenvalue weighted by Crippen LogP contribution is 2.31. The number of nitrogens with two attached hydrogens (primary N) is 1. The maximum atomic E-state index is 6.31. The number of ether oxygens (including phenoxy) is 1. The van der Waals surface area contributed by atoms with E-state index < -0.39 is 0 Å². The lowest BCUT2D eigenvalue weighted by atomic mass is 9.76. The van der Waals surface area contributed by atoms with Crippen LogP contribution in [0.4, 0.5) is 0 Å². The predicted octanol–water partition coefficient (Wildman–Crippen LogP) is 1.08. The molecule has 1 aliphatic heterocycles. The van der Waals surface area contributed by atoms with Crippen LogP contribution in [0.15, 0.2) is 0 Å². The van der Waals surface area contributed by atoms with Crippen molar-refractivity contribution in [1.29, 1.82) is 0 Å². The Balaban J connectivity index is 1.99. The van der Waals surface area contributed by atoms with Gasteiger partial charge in [0, 0.05) is 25.2 Å². The topological polar surface area (TPSA) is 38.5 Å². The fraction of sp³-hybridized carbons (Fsp3) is 1.00. The lowest BCUT2D eigenvalue weighted by molar-refractivity contribution is -0.0160. The van der Waals surface area contributed by atoms with Gasteiger partial charge in [0.25, 0.3) is 0 Å². The monoisotopic (exact) mass is 212 g/mol. The van der Waals surface area contributed by atoms with Crippen LogP contribution in [0.2, 0.25) is 0 Å². The molecule has 88 valence electrons. The lowest BCUT2D eigenvalue weighted by Gasteiger charge is -2.45. The summed E-state index contributed by atoms with van der Waals surface area (Å²) in [6.07, 6.45) is 2.52. The number of hydrogen-bond acceptors (Lipinski definition) is 3. The smallest absolute Gasteiger partial charge is 0.0594 e. The molecule has 3 heteroatoms. The first kappa shape index (κ1) is 11.4. The van der Waals surface area contributed by atoms with E-state index >= 15 is 0 Å². The van der Waals surface area contributed by atoms with E-state index in [0.717, 1.165) is 38.1 Å². The fourth-order valence-electron chi connectivity index (χ4n) is 3.40. The van der Waals surface area contributed by atoms with E-state index in [0.29, 0.717) is 12.1 Å². The van der Waals surface area contributed by atoms with Crippen molar-refractivity contribution in [2.75, 3.05) is 26.3 Å². The first-order chi connectivity index (χ1) is 7.18. The molecule has 4 unspecified atom stereocenters. The quantitative estimate of drug-likeness (QED) is 0.707. The average molecular weight is 212 g/mol. The standard InChI is InChI=1S/C12H24N2O/c1-9-7-10(2)12(11(13)8-9)14-3-5-15-6-4-14/h9-12H,3-8,13H2,1-2H3. The molecule has 2 fully saturated rings. The number of nitrogens with zero attached hydrogens (tertiary/aromatic N) is 1. The molecule has 1 saturated carbocycles. The van der Waals surface area contributed by atoms with Gasteiger partial charge in [-0.1, -0.05) is 13.8 Å². The van der Waals surface area contributed by atoms with Gasteiger partial charge < -0.3 is 10.5 Å². The number of hydrogen-bond donors (Lipinski definition) is 1.